The summed E-state index contributed by atoms with van der Waals surface area (Å²) in [6, 6.07) is 6.20. The lowest BCUT2D eigenvalue weighted by molar-refractivity contribution is 0.490. The lowest BCUT2D eigenvalue weighted by atomic mass is 10.1. The first kappa shape index (κ1) is 10.8. The molecule has 0 bridgehead atoms. The van der Waals surface area contributed by atoms with E-state index in [1.165, 1.54) is 5.56 Å². The van der Waals surface area contributed by atoms with Crippen molar-refractivity contribution >= 4 is 0 Å². The van der Waals surface area contributed by atoms with E-state index < -0.39 is 0 Å². The summed E-state index contributed by atoms with van der Waals surface area (Å²) in [7, 11) is 1.85. The zero-order chi connectivity index (χ0) is 11.5. The molecule has 0 saturated heterocycles. The monoisotopic (exact) mass is 217 g/mol. The molecule has 2 aromatic rings. The normalized spacial score (nSPS) is 10.7. The molecule has 2 rings (SSSR count). The number of rotatable bonds is 3. The van der Waals surface area contributed by atoms with Crippen LogP contribution in [0.25, 0.3) is 11.5 Å². The molecule has 0 fully saturated rings. The van der Waals surface area contributed by atoms with E-state index in [-0.39, 0.29) is 0 Å². The highest BCUT2D eigenvalue weighted by Crippen LogP contribution is 2.23. The zero-order valence-corrected chi connectivity index (χ0v) is 9.74. The number of aromatic nitrogens is 2. The van der Waals surface area contributed by atoms with Crippen molar-refractivity contribution in [3.63, 3.8) is 0 Å². The van der Waals surface area contributed by atoms with Crippen molar-refractivity contribution in [1.82, 2.24) is 15.5 Å². The summed E-state index contributed by atoms with van der Waals surface area (Å²) in [5, 5.41) is 11.0. The van der Waals surface area contributed by atoms with E-state index in [0.717, 1.165) is 11.1 Å². The Bertz CT molecular complexity index is 491. The second-order valence-electron chi connectivity index (χ2n) is 3.85. The molecule has 0 atom stereocenters. The molecule has 4 heteroatoms. The third-order valence-electron chi connectivity index (χ3n) is 2.42. The Kier molecular flexibility index (Phi) is 3.01. The maximum atomic E-state index is 5.56. The van der Waals surface area contributed by atoms with E-state index in [4.69, 9.17) is 4.42 Å². The van der Waals surface area contributed by atoms with E-state index in [1.54, 1.807) is 0 Å². The highest BCUT2D eigenvalue weighted by atomic mass is 16.4. The largest absolute Gasteiger partial charge is 0.419 e. The molecule has 0 saturated carbocycles. The van der Waals surface area contributed by atoms with Gasteiger partial charge in [0.05, 0.1) is 6.54 Å². The third-order valence-corrected chi connectivity index (χ3v) is 2.42. The molecule has 1 aromatic carbocycles. The number of nitrogens with one attached hydrogen (secondary N) is 1. The molecule has 4 nitrogen and oxygen atoms in total. The summed E-state index contributed by atoms with van der Waals surface area (Å²) in [6.07, 6.45) is 0. The molecule has 1 aromatic heterocycles. The average molecular weight is 217 g/mol. The SMILES string of the molecule is CNCc1nnc(-c2cc(C)ccc2C)o1. The van der Waals surface area contributed by atoms with Gasteiger partial charge in [0, 0.05) is 5.56 Å². The second kappa shape index (κ2) is 4.45. The van der Waals surface area contributed by atoms with Gasteiger partial charge in [-0.1, -0.05) is 17.7 Å². The fourth-order valence-corrected chi connectivity index (χ4v) is 1.55. The summed E-state index contributed by atoms with van der Waals surface area (Å²) in [6.45, 7) is 4.68. The van der Waals surface area contributed by atoms with Crippen LogP contribution in [0.1, 0.15) is 17.0 Å². The number of nitrogens with zero attached hydrogens (tertiary/aromatic N) is 2. The highest BCUT2D eigenvalue weighted by Gasteiger charge is 2.10. The van der Waals surface area contributed by atoms with Gasteiger partial charge in [0.1, 0.15) is 0 Å². The molecule has 0 aliphatic heterocycles. The Morgan fingerprint density at radius 3 is 2.81 bits per heavy atom. The van der Waals surface area contributed by atoms with E-state index in [1.807, 2.05) is 20.9 Å². The smallest absolute Gasteiger partial charge is 0.248 e. The van der Waals surface area contributed by atoms with Crippen molar-refractivity contribution < 1.29 is 4.42 Å². The predicted molar refractivity (Wildman–Crippen MR) is 62.0 cm³/mol. The van der Waals surface area contributed by atoms with Crippen molar-refractivity contribution in [2.24, 2.45) is 0 Å². The van der Waals surface area contributed by atoms with Gasteiger partial charge in [-0.2, -0.15) is 0 Å². The molecule has 0 aliphatic carbocycles. The van der Waals surface area contributed by atoms with Crippen LogP contribution in [-0.4, -0.2) is 17.2 Å². The summed E-state index contributed by atoms with van der Waals surface area (Å²) < 4.78 is 5.56. The minimum Gasteiger partial charge on any atom is -0.419 e. The molecule has 16 heavy (non-hydrogen) atoms. The molecule has 0 unspecified atom stereocenters. The zero-order valence-electron chi connectivity index (χ0n) is 9.74. The van der Waals surface area contributed by atoms with Crippen LogP contribution in [0, 0.1) is 13.8 Å². The van der Waals surface area contributed by atoms with Crippen LogP contribution in [0.4, 0.5) is 0 Å². The summed E-state index contributed by atoms with van der Waals surface area (Å²) >= 11 is 0. The molecule has 84 valence electrons. The van der Waals surface area contributed by atoms with Gasteiger partial charge in [0.25, 0.3) is 0 Å². The summed E-state index contributed by atoms with van der Waals surface area (Å²) in [5.74, 6) is 1.20. The highest BCUT2D eigenvalue weighted by molar-refractivity contribution is 5.59. The number of benzene rings is 1. The molecule has 1 heterocycles. The van der Waals surface area contributed by atoms with Crippen LogP contribution in [0.15, 0.2) is 22.6 Å². The number of hydrogen-bond donors (Lipinski definition) is 1. The van der Waals surface area contributed by atoms with Gasteiger partial charge in [-0.25, -0.2) is 0 Å². The van der Waals surface area contributed by atoms with Gasteiger partial charge in [-0.15, -0.1) is 10.2 Å². The van der Waals surface area contributed by atoms with Crippen molar-refractivity contribution in [2.75, 3.05) is 7.05 Å². The summed E-state index contributed by atoms with van der Waals surface area (Å²) in [5.41, 5.74) is 3.34. The van der Waals surface area contributed by atoms with Gasteiger partial charge in [0.2, 0.25) is 11.8 Å². The molecule has 0 aliphatic rings. The number of hydrogen-bond acceptors (Lipinski definition) is 4. The van der Waals surface area contributed by atoms with E-state index in [9.17, 15) is 0 Å². The maximum Gasteiger partial charge on any atom is 0.248 e. The molecular formula is C12H15N3O. The van der Waals surface area contributed by atoms with Crippen LogP contribution in [-0.2, 0) is 6.54 Å². The van der Waals surface area contributed by atoms with Crippen molar-refractivity contribution in [3.8, 4) is 11.5 Å². The van der Waals surface area contributed by atoms with Crippen LogP contribution >= 0.6 is 0 Å². The lowest BCUT2D eigenvalue weighted by Gasteiger charge is -2.01. The Labute approximate surface area is 94.7 Å². The van der Waals surface area contributed by atoms with Crippen LogP contribution in [0.3, 0.4) is 0 Å². The lowest BCUT2D eigenvalue weighted by Crippen LogP contribution is -2.04. The van der Waals surface area contributed by atoms with Crippen molar-refractivity contribution in [3.05, 3.63) is 35.2 Å². The first-order valence-corrected chi connectivity index (χ1v) is 5.25. The standard InChI is InChI=1S/C12H15N3O/c1-8-4-5-9(2)10(6-8)12-15-14-11(16-12)7-13-3/h4-6,13H,7H2,1-3H3. The molecular weight excluding hydrogens is 202 g/mol. The van der Waals surface area contributed by atoms with Gasteiger partial charge in [0.15, 0.2) is 0 Å². The second-order valence-corrected chi connectivity index (χ2v) is 3.85. The van der Waals surface area contributed by atoms with Crippen molar-refractivity contribution in [1.29, 1.82) is 0 Å². The third kappa shape index (κ3) is 2.12. The molecule has 0 spiro atoms. The van der Waals surface area contributed by atoms with Crippen LogP contribution in [0.5, 0.6) is 0 Å². The number of aryl methyl sites for hydroxylation is 2. The van der Waals surface area contributed by atoms with E-state index in [0.29, 0.717) is 18.3 Å². The van der Waals surface area contributed by atoms with Gasteiger partial charge in [-0.05, 0) is 32.5 Å². The van der Waals surface area contributed by atoms with Gasteiger partial charge >= 0.3 is 0 Å². The summed E-state index contributed by atoms with van der Waals surface area (Å²) in [4.78, 5) is 0. The Morgan fingerprint density at radius 2 is 2.06 bits per heavy atom. The molecule has 0 radical (unpaired) electrons. The topological polar surface area (TPSA) is 51.0 Å². The quantitative estimate of drug-likeness (QED) is 0.855. The van der Waals surface area contributed by atoms with Crippen molar-refractivity contribution in [2.45, 2.75) is 20.4 Å². The minimum atomic E-state index is 0.589. The fourth-order valence-electron chi connectivity index (χ4n) is 1.55. The van der Waals surface area contributed by atoms with Crippen LogP contribution in [0.2, 0.25) is 0 Å². The van der Waals surface area contributed by atoms with Gasteiger partial charge < -0.3 is 9.73 Å². The average Bonchev–Trinajstić information content (AvgIpc) is 2.71. The first-order valence-electron chi connectivity index (χ1n) is 5.25. The molecule has 0 amide bonds. The Morgan fingerprint density at radius 1 is 1.25 bits per heavy atom. The Hall–Kier alpha value is -1.68. The van der Waals surface area contributed by atoms with Crippen LogP contribution < -0.4 is 5.32 Å². The molecule has 1 N–H and O–H groups in total. The predicted octanol–water partition coefficient (Wildman–Crippen LogP) is 2.07. The van der Waals surface area contributed by atoms with Gasteiger partial charge in [-0.3, -0.25) is 0 Å². The Balaban J connectivity index is 2.38. The van der Waals surface area contributed by atoms with E-state index in [2.05, 4.69) is 33.7 Å². The fraction of sp³-hybridized carbons (Fsp3) is 0.333. The van der Waals surface area contributed by atoms with E-state index >= 15 is 0 Å². The first-order chi connectivity index (χ1) is 7.70. The maximum absolute atomic E-state index is 5.56. The minimum absolute atomic E-state index is 0.589.